The fourth-order valence-electron chi connectivity index (χ4n) is 0.766. The average Bonchev–Trinajstić information content (AvgIpc) is 1.89. The molecule has 0 saturated carbocycles. The lowest BCUT2D eigenvalue weighted by Crippen LogP contribution is -2.40. The van der Waals surface area contributed by atoms with Gasteiger partial charge in [-0.2, -0.15) is 0 Å². The molecule has 2 heteroatoms. The molecule has 0 aliphatic carbocycles. The van der Waals surface area contributed by atoms with Crippen molar-refractivity contribution in [3.8, 4) is 0 Å². The van der Waals surface area contributed by atoms with Crippen molar-refractivity contribution in [1.82, 2.24) is 0 Å². The minimum atomic E-state index is -0.102. The quantitative estimate of drug-likeness (QED) is 0.586. The zero-order chi connectivity index (χ0) is 7.33. The molecule has 0 aromatic rings. The molecule has 0 aromatic heterocycles. The Morgan fingerprint density at radius 3 is 2.22 bits per heavy atom. The van der Waals surface area contributed by atoms with E-state index >= 15 is 0 Å². The molecule has 0 spiro atoms. The summed E-state index contributed by atoms with van der Waals surface area (Å²) in [5.41, 5.74) is 11.1. The van der Waals surface area contributed by atoms with Crippen LogP contribution in [0.3, 0.4) is 0 Å². The lowest BCUT2D eigenvalue weighted by atomic mass is 9.91. The summed E-state index contributed by atoms with van der Waals surface area (Å²) in [6.45, 7) is 6.50. The van der Waals surface area contributed by atoms with Gasteiger partial charge in [-0.15, -0.1) is 0 Å². The first-order chi connectivity index (χ1) is 4.18. The highest BCUT2D eigenvalue weighted by atomic mass is 14.7. The van der Waals surface area contributed by atoms with Crippen LogP contribution in [0.2, 0.25) is 0 Å². The highest BCUT2D eigenvalue weighted by molar-refractivity contribution is 4.83. The van der Waals surface area contributed by atoms with E-state index in [9.17, 15) is 0 Å². The molecule has 0 bridgehead atoms. The van der Waals surface area contributed by atoms with Crippen LogP contribution in [0.25, 0.3) is 0 Å². The summed E-state index contributed by atoms with van der Waals surface area (Å²) in [5.74, 6) is 0. The number of rotatable bonds is 4. The fraction of sp³-hybridized carbons (Fsp3) is 0.857. The molecule has 9 heavy (non-hydrogen) atoms. The molecular formula is C7H17N2. The first kappa shape index (κ1) is 8.92. The summed E-state index contributed by atoms with van der Waals surface area (Å²) in [4.78, 5) is 0. The van der Waals surface area contributed by atoms with Crippen molar-refractivity contribution in [3.05, 3.63) is 6.92 Å². The van der Waals surface area contributed by atoms with Gasteiger partial charge in [-0.1, -0.05) is 13.8 Å². The molecule has 0 aromatic carbocycles. The smallest absolute Gasteiger partial charge is 0.0163 e. The van der Waals surface area contributed by atoms with Gasteiger partial charge in [0.05, 0.1) is 0 Å². The van der Waals surface area contributed by atoms with Crippen LogP contribution >= 0.6 is 0 Å². The van der Waals surface area contributed by atoms with Gasteiger partial charge in [-0.3, -0.25) is 0 Å². The largest absolute Gasteiger partial charge is 0.330 e. The molecule has 55 valence electrons. The summed E-state index contributed by atoms with van der Waals surface area (Å²) in [5, 5.41) is 0. The topological polar surface area (TPSA) is 52.0 Å². The van der Waals surface area contributed by atoms with Crippen molar-refractivity contribution in [2.45, 2.75) is 31.7 Å². The predicted molar refractivity (Wildman–Crippen MR) is 40.9 cm³/mol. The first-order valence-electron chi connectivity index (χ1n) is 3.46. The van der Waals surface area contributed by atoms with E-state index in [1.165, 1.54) is 0 Å². The molecular weight excluding hydrogens is 112 g/mol. The van der Waals surface area contributed by atoms with Crippen LogP contribution in [-0.2, 0) is 0 Å². The highest BCUT2D eigenvalue weighted by Crippen LogP contribution is 2.13. The van der Waals surface area contributed by atoms with Crippen LogP contribution in [-0.4, -0.2) is 12.1 Å². The molecule has 0 fully saturated rings. The van der Waals surface area contributed by atoms with Crippen molar-refractivity contribution in [2.75, 3.05) is 6.54 Å². The van der Waals surface area contributed by atoms with Gasteiger partial charge in [0.15, 0.2) is 0 Å². The Kier molecular flexibility index (Phi) is 3.82. The van der Waals surface area contributed by atoms with Crippen LogP contribution in [0.4, 0.5) is 0 Å². The molecule has 0 aliphatic rings. The Labute approximate surface area is 57.6 Å². The van der Waals surface area contributed by atoms with Crippen LogP contribution in [0, 0.1) is 6.92 Å². The minimum Gasteiger partial charge on any atom is -0.330 e. The summed E-state index contributed by atoms with van der Waals surface area (Å²) in [6.07, 6.45) is 2.63. The number of hydrogen-bond donors (Lipinski definition) is 2. The summed E-state index contributed by atoms with van der Waals surface area (Å²) < 4.78 is 0. The average molecular weight is 129 g/mol. The van der Waals surface area contributed by atoms with Crippen LogP contribution in [0.1, 0.15) is 26.2 Å². The second kappa shape index (κ2) is 3.85. The van der Waals surface area contributed by atoms with E-state index in [0.29, 0.717) is 6.54 Å². The van der Waals surface area contributed by atoms with E-state index in [1.54, 1.807) is 0 Å². The van der Waals surface area contributed by atoms with E-state index in [-0.39, 0.29) is 5.54 Å². The van der Waals surface area contributed by atoms with Crippen LogP contribution < -0.4 is 11.5 Å². The Hall–Kier alpha value is -0.0800. The Morgan fingerprint density at radius 2 is 2.11 bits per heavy atom. The molecule has 0 amide bonds. The fourth-order valence-corrected chi connectivity index (χ4v) is 0.766. The zero-order valence-electron chi connectivity index (χ0n) is 6.19. The molecule has 0 heterocycles. The molecule has 0 aliphatic heterocycles. The van der Waals surface area contributed by atoms with Gasteiger partial charge >= 0.3 is 0 Å². The maximum Gasteiger partial charge on any atom is 0.0163 e. The summed E-state index contributed by atoms with van der Waals surface area (Å²) >= 11 is 0. The van der Waals surface area contributed by atoms with Crippen molar-refractivity contribution in [2.24, 2.45) is 11.5 Å². The van der Waals surface area contributed by atoms with Crippen molar-refractivity contribution in [1.29, 1.82) is 0 Å². The zero-order valence-corrected chi connectivity index (χ0v) is 6.19. The van der Waals surface area contributed by atoms with Gasteiger partial charge in [0.1, 0.15) is 0 Å². The standard InChI is InChI=1S/C7H17N2/c1-3-7(9,4-2)5-6-8/h1,3-6,8-9H2,2H3. The molecule has 1 atom stereocenters. The van der Waals surface area contributed by atoms with Gasteiger partial charge in [0, 0.05) is 5.54 Å². The van der Waals surface area contributed by atoms with Gasteiger partial charge in [-0.25, -0.2) is 0 Å². The Bertz CT molecular complexity index is 67.3. The molecule has 2 nitrogen and oxygen atoms in total. The maximum atomic E-state index is 5.86. The van der Waals surface area contributed by atoms with Crippen molar-refractivity contribution in [3.63, 3.8) is 0 Å². The van der Waals surface area contributed by atoms with E-state index < -0.39 is 0 Å². The molecule has 1 unspecified atom stereocenters. The maximum absolute atomic E-state index is 5.86. The third kappa shape index (κ3) is 2.82. The van der Waals surface area contributed by atoms with Gasteiger partial charge in [0.2, 0.25) is 0 Å². The van der Waals surface area contributed by atoms with E-state index in [2.05, 4.69) is 13.8 Å². The second-order valence-electron chi connectivity index (χ2n) is 2.50. The lowest BCUT2D eigenvalue weighted by molar-refractivity contribution is 0.388. The van der Waals surface area contributed by atoms with Crippen LogP contribution in [0.15, 0.2) is 0 Å². The Balaban J connectivity index is 3.62. The minimum absolute atomic E-state index is 0.102. The van der Waals surface area contributed by atoms with Gasteiger partial charge in [0.25, 0.3) is 0 Å². The lowest BCUT2D eigenvalue weighted by Gasteiger charge is -2.25. The van der Waals surface area contributed by atoms with Crippen molar-refractivity contribution >= 4 is 0 Å². The van der Waals surface area contributed by atoms with Crippen LogP contribution in [0.5, 0.6) is 0 Å². The summed E-state index contributed by atoms with van der Waals surface area (Å²) in [6, 6.07) is 0. The molecule has 0 rings (SSSR count). The monoisotopic (exact) mass is 129 g/mol. The SMILES string of the molecule is [CH2]CC(N)(CC)CCN. The van der Waals surface area contributed by atoms with E-state index in [1.807, 2.05) is 0 Å². The number of hydrogen-bond acceptors (Lipinski definition) is 2. The van der Waals surface area contributed by atoms with Crippen molar-refractivity contribution < 1.29 is 0 Å². The summed E-state index contributed by atoms with van der Waals surface area (Å²) in [7, 11) is 0. The molecule has 1 radical (unpaired) electrons. The molecule has 4 N–H and O–H groups in total. The number of nitrogens with two attached hydrogens (primary N) is 2. The highest BCUT2D eigenvalue weighted by Gasteiger charge is 2.17. The normalized spacial score (nSPS) is 12.0. The van der Waals surface area contributed by atoms with Gasteiger partial charge in [-0.05, 0) is 25.8 Å². The van der Waals surface area contributed by atoms with E-state index in [4.69, 9.17) is 11.5 Å². The van der Waals surface area contributed by atoms with Gasteiger partial charge < -0.3 is 11.5 Å². The Morgan fingerprint density at radius 1 is 1.56 bits per heavy atom. The third-order valence-corrected chi connectivity index (χ3v) is 1.84. The third-order valence-electron chi connectivity index (χ3n) is 1.84. The van der Waals surface area contributed by atoms with E-state index in [0.717, 1.165) is 19.3 Å². The first-order valence-corrected chi connectivity index (χ1v) is 3.46. The molecule has 0 saturated heterocycles. The second-order valence-corrected chi connectivity index (χ2v) is 2.50. The predicted octanol–water partition coefficient (Wildman–Crippen LogP) is 0.667.